The van der Waals surface area contributed by atoms with E-state index in [2.05, 4.69) is 5.32 Å². The zero-order chi connectivity index (χ0) is 15.5. The molecule has 0 aliphatic carbocycles. The van der Waals surface area contributed by atoms with Crippen molar-refractivity contribution in [3.05, 3.63) is 76.8 Å². The summed E-state index contributed by atoms with van der Waals surface area (Å²) < 4.78 is 0. The number of halogens is 1. The molecule has 0 aliphatic heterocycles. The number of nitrogens with one attached hydrogen (secondary N) is 1. The molecule has 0 atom stereocenters. The van der Waals surface area contributed by atoms with Crippen LogP contribution in [0.15, 0.2) is 60.7 Å². The van der Waals surface area contributed by atoms with Gasteiger partial charge in [-0.3, -0.25) is 4.79 Å². The molecule has 0 aromatic heterocycles. The van der Waals surface area contributed by atoms with E-state index in [0.717, 1.165) is 10.9 Å². The van der Waals surface area contributed by atoms with E-state index < -0.39 is 0 Å². The fourth-order valence-electron chi connectivity index (χ4n) is 2.36. The third kappa shape index (κ3) is 2.76. The Morgan fingerprint density at radius 1 is 1.00 bits per heavy atom. The molecule has 0 saturated carbocycles. The zero-order valence-electron chi connectivity index (χ0n) is 11.7. The fourth-order valence-corrected chi connectivity index (χ4v) is 2.64. The predicted molar refractivity (Wildman–Crippen MR) is 88.2 cm³/mol. The lowest BCUT2D eigenvalue weighted by molar-refractivity contribution is 0.0948. The molecule has 2 N–H and O–H groups in total. The van der Waals surface area contributed by atoms with Gasteiger partial charge in [0.05, 0.1) is 5.56 Å². The zero-order valence-corrected chi connectivity index (χ0v) is 12.5. The number of amides is 1. The minimum absolute atomic E-state index is 0.0504. The Bertz CT molecular complexity index is 831. The van der Waals surface area contributed by atoms with E-state index in [9.17, 15) is 9.90 Å². The molecule has 0 radical (unpaired) electrons. The van der Waals surface area contributed by atoms with Crippen molar-refractivity contribution < 1.29 is 9.90 Å². The number of carbonyl (C=O) groups excluding carboxylic acids is 1. The molecule has 0 heterocycles. The van der Waals surface area contributed by atoms with E-state index in [-0.39, 0.29) is 17.2 Å². The minimum Gasteiger partial charge on any atom is -0.506 e. The second kappa shape index (κ2) is 6.08. The van der Waals surface area contributed by atoms with Crippen molar-refractivity contribution in [2.45, 2.75) is 6.54 Å². The van der Waals surface area contributed by atoms with Crippen LogP contribution in [0.1, 0.15) is 15.9 Å². The Hall–Kier alpha value is -2.52. The van der Waals surface area contributed by atoms with Crippen LogP contribution in [0.2, 0.25) is 5.02 Å². The molecule has 0 aliphatic rings. The first kappa shape index (κ1) is 14.4. The average Bonchev–Trinajstić information content (AvgIpc) is 2.57. The molecule has 0 saturated heterocycles. The van der Waals surface area contributed by atoms with Gasteiger partial charge in [-0.25, -0.2) is 0 Å². The normalized spacial score (nSPS) is 10.6. The highest BCUT2D eigenvalue weighted by Gasteiger charge is 2.16. The Morgan fingerprint density at radius 2 is 1.64 bits per heavy atom. The first-order valence-electron chi connectivity index (χ1n) is 6.89. The molecule has 110 valence electrons. The quantitative estimate of drug-likeness (QED) is 0.764. The second-order valence-corrected chi connectivity index (χ2v) is 5.38. The summed E-state index contributed by atoms with van der Waals surface area (Å²) in [5, 5.41) is 14.8. The van der Waals surface area contributed by atoms with Gasteiger partial charge in [-0.15, -0.1) is 0 Å². The van der Waals surface area contributed by atoms with Gasteiger partial charge in [0, 0.05) is 22.3 Å². The summed E-state index contributed by atoms with van der Waals surface area (Å²) in [4.78, 5) is 12.3. The van der Waals surface area contributed by atoms with Crippen molar-refractivity contribution >= 4 is 28.3 Å². The number of phenols is 1. The molecule has 3 aromatic carbocycles. The van der Waals surface area contributed by atoms with Crippen molar-refractivity contribution in [3.8, 4) is 5.75 Å². The van der Waals surface area contributed by atoms with E-state index in [1.54, 1.807) is 12.1 Å². The molecule has 3 aromatic rings. The number of hydrogen-bond acceptors (Lipinski definition) is 2. The van der Waals surface area contributed by atoms with Gasteiger partial charge in [0.1, 0.15) is 5.75 Å². The van der Waals surface area contributed by atoms with Crippen LogP contribution in [0, 0.1) is 0 Å². The van der Waals surface area contributed by atoms with Gasteiger partial charge >= 0.3 is 0 Å². The number of rotatable bonds is 3. The van der Waals surface area contributed by atoms with Crippen LogP contribution in [0.5, 0.6) is 5.75 Å². The van der Waals surface area contributed by atoms with Crippen molar-refractivity contribution in [2.24, 2.45) is 0 Å². The highest BCUT2D eigenvalue weighted by atomic mass is 35.5. The number of aromatic hydroxyl groups is 1. The van der Waals surface area contributed by atoms with Gasteiger partial charge < -0.3 is 10.4 Å². The van der Waals surface area contributed by atoms with Gasteiger partial charge in [0.25, 0.3) is 5.91 Å². The molecule has 0 fully saturated rings. The molecule has 4 heteroatoms. The maximum atomic E-state index is 12.3. The maximum Gasteiger partial charge on any atom is 0.255 e. The van der Waals surface area contributed by atoms with Crippen LogP contribution < -0.4 is 5.32 Å². The predicted octanol–water partition coefficient (Wildman–Crippen LogP) is 4.13. The molecule has 22 heavy (non-hydrogen) atoms. The summed E-state index contributed by atoms with van der Waals surface area (Å²) in [5.41, 5.74) is 1.17. The van der Waals surface area contributed by atoms with Crippen molar-refractivity contribution in [1.82, 2.24) is 5.32 Å². The molecule has 3 nitrogen and oxygen atoms in total. The summed E-state index contributed by atoms with van der Waals surface area (Å²) in [6.07, 6.45) is 0. The average molecular weight is 312 g/mol. The first-order chi connectivity index (χ1) is 10.7. The van der Waals surface area contributed by atoms with Crippen LogP contribution in [-0.2, 0) is 6.54 Å². The summed E-state index contributed by atoms with van der Waals surface area (Å²) in [6.45, 7) is 0.392. The maximum absolute atomic E-state index is 12.3. The van der Waals surface area contributed by atoms with E-state index in [4.69, 9.17) is 11.6 Å². The Labute approximate surface area is 133 Å². The third-order valence-corrected chi connectivity index (χ3v) is 3.82. The smallest absolute Gasteiger partial charge is 0.255 e. The highest BCUT2D eigenvalue weighted by molar-refractivity contribution is 6.36. The Morgan fingerprint density at radius 3 is 2.36 bits per heavy atom. The van der Waals surface area contributed by atoms with E-state index in [0.29, 0.717) is 17.0 Å². The fraction of sp³-hybridized carbons (Fsp3) is 0.0556. The summed E-state index contributed by atoms with van der Waals surface area (Å²) >= 11 is 6.20. The van der Waals surface area contributed by atoms with E-state index in [1.807, 2.05) is 42.5 Å². The van der Waals surface area contributed by atoms with Gasteiger partial charge in [-0.2, -0.15) is 0 Å². The molecule has 0 bridgehead atoms. The van der Waals surface area contributed by atoms with Gasteiger partial charge in [0.15, 0.2) is 0 Å². The number of phenolic OH excluding ortho intramolecular Hbond substituents is 1. The molecular weight excluding hydrogens is 298 g/mol. The molecular formula is C18H14ClNO2. The second-order valence-electron chi connectivity index (χ2n) is 4.97. The van der Waals surface area contributed by atoms with Gasteiger partial charge in [-0.1, -0.05) is 66.2 Å². The first-order valence-corrected chi connectivity index (χ1v) is 7.27. The monoisotopic (exact) mass is 311 g/mol. The number of fused-ring (bicyclic) bond motifs is 1. The Kier molecular flexibility index (Phi) is 3.98. The lowest BCUT2D eigenvalue weighted by Gasteiger charge is -2.10. The SMILES string of the molecule is O=C(NCc1ccccc1)c1cc(Cl)c2ccccc2c1O. The van der Waals surface area contributed by atoms with Crippen LogP contribution in [0.25, 0.3) is 10.8 Å². The third-order valence-electron chi connectivity index (χ3n) is 3.51. The minimum atomic E-state index is -0.353. The standard InChI is InChI=1S/C18H14ClNO2/c19-16-10-15(17(21)14-9-5-4-8-13(14)16)18(22)20-11-12-6-2-1-3-7-12/h1-10,21H,11H2,(H,20,22). The lowest BCUT2D eigenvalue weighted by Crippen LogP contribution is -2.22. The largest absolute Gasteiger partial charge is 0.506 e. The topological polar surface area (TPSA) is 49.3 Å². The molecule has 0 unspecified atom stereocenters. The lowest BCUT2D eigenvalue weighted by atomic mass is 10.0. The van der Waals surface area contributed by atoms with Crippen LogP contribution >= 0.6 is 11.6 Å². The van der Waals surface area contributed by atoms with E-state index in [1.165, 1.54) is 6.07 Å². The molecule has 1 amide bonds. The number of carbonyl (C=O) groups is 1. The van der Waals surface area contributed by atoms with Crippen molar-refractivity contribution in [3.63, 3.8) is 0 Å². The highest BCUT2D eigenvalue weighted by Crippen LogP contribution is 2.34. The molecule has 0 spiro atoms. The van der Waals surface area contributed by atoms with E-state index >= 15 is 0 Å². The Balaban J connectivity index is 1.89. The van der Waals surface area contributed by atoms with Gasteiger partial charge in [0.2, 0.25) is 0 Å². The number of benzene rings is 3. The van der Waals surface area contributed by atoms with Crippen molar-refractivity contribution in [1.29, 1.82) is 0 Å². The van der Waals surface area contributed by atoms with Gasteiger partial charge in [-0.05, 0) is 11.6 Å². The van der Waals surface area contributed by atoms with Crippen LogP contribution in [0.4, 0.5) is 0 Å². The number of hydrogen-bond donors (Lipinski definition) is 2. The molecule has 3 rings (SSSR count). The van der Waals surface area contributed by atoms with Crippen LogP contribution in [-0.4, -0.2) is 11.0 Å². The summed E-state index contributed by atoms with van der Waals surface area (Å²) in [6, 6.07) is 18.3. The summed E-state index contributed by atoms with van der Waals surface area (Å²) in [7, 11) is 0. The van der Waals surface area contributed by atoms with Crippen LogP contribution in [0.3, 0.4) is 0 Å². The van der Waals surface area contributed by atoms with Crippen molar-refractivity contribution in [2.75, 3.05) is 0 Å². The summed E-state index contributed by atoms with van der Waals surface area (Å²) in [5.74, 6) is -0.403.